The first kappa shape index (κ1) is 16.3. The fourth-order valence-electron chi connectivity index (χ4n) is 1.80. The number of nitrogens with one attached hydrogen (secondary N) is 2. The third-order valence-corrected chi connectivity index (χ3v) is 3.39. The number of rotatable bonds is 7. The molecule has 0 radical (unpaired) electrons. The summed E-state index contributed by atoms with van der Waals surface area (Å²) in [7, 11) is 0. The number of carbonyl (C=O) groups excluding carboxylic acids is 1. The van der Waals surface area contributed by atoms with Gasteiger partial charge in [0, 0.05) is 22.6 Å². The van der Waals surface area contributed by atoms with Gasteiger partial charge in [-0.25, -0.2) is 0 Å². The molecular formula is C14H20Cl2N2O. The first-order valence-corrected chi connectivity index (χ1v) is 7.29. The van der Waals surface area contributed by atoms with Gasteiger partial charge in [0.05, 0.1) is 6.54 Å². The Bertz CT molecular complexity index is 424. The number of hydrogen-bond acceptors (Lipinski definition) is 2. The topological polar surface area (TPSA) is 41.1 Å². The van der Waals surface area contributed by atoms with Gasteiger partial charge < -0.3 is 10.6 Å². The maximum atomic E-state index is 11.6. The minimum Gasteiger partial charge on any atom is -0.355 e. The van der Waals surface area contributed by atoms with Crippen LogP contribution in [0, 0.1) is 0 Å². The van der Waals surface area contributed by atoms with E-state index in [0.29, 0.717) is 16.6 Å². The van der Waals surface area contributed by atoms with Gasteiger partial charge in [-0.1, -0.05) is 43.1 Å². The Morgan fingerprint density at radius 2 is 2.05 bits per heavy atom. The molecule has 0 aliphatic carbocycles. The second-order valence-corrected chi connectivity index (χ2v) is 5.20. The van der Waals surface area contributed by atoms with Gasteiger partial charge >= 0.3 is 0 Å². The van der Waals surface area contributed by atoms with Gasteiger partial charge in [-0.3, -0.25) is 4.79 Å². The molecule has 0 aliphatic heterocycles. The van der Waals surface area contributed by atoms with E-state index in [4.69, 9.17) is 23.2 Å². The predicted molar refractivity (Wildman–Crippen MR) is 80.8 cm³/mol. The lowest BCUT2D eigenvalue weighted by Crippen LogP contribution is -2.36. The molecule has 3 nitrogen and oxygen atoms in total. The van der Waals surface area contributed by atoms with Crippen LogP contribution in [0.5, 0.6) is 0 Å². The van der Waals surface area contributed by atoms with Crippen LogP contribution in [0.2, 0.25) is 10.0 Å². The van der Waals surface area contributed by atoms with E-state index in [0.717, 1.165) is 18.4 Å². The third-order valence-electron chi connectivity index (χ3n) is 2.83. The average Bonchev–Trinajstić information content (AvgIpc) is 2.38. The number of benzene rings is 1. The number of hydrogen-bond donors (Lipinski definition) is 2. The molecule has 0 heterocycles. The molecule has 1 atom stereocenters. The van der Waals surface area contributed by atoms with Crippen LogP contribution in [0.4, 0.5) is 0 Å². The quantitative estimate of drug-likeness (QED) is 0.808. The van der Waals surface area contributed by atoms with Crippen molar-refractivity contribution in [3.8, 4) is 0 Å². The molecule has 1 aromatic carbocycles. The smallest absolute Gasteiger partial charge is 0.233 e. The summed E-state index contributed by atoms with van der Waals surface area (Å²) in [5.41, 5.74) is 0.969. The zero-order valence-electron chi connectivity index (χ0n) is 11.3. The van der Waals surface area contributed by atoms with Crippen molar-refractivity contribution in [2.45, 2.75) is 32.7 Å². The average molecular weight is 303 g/mol. The maximum Gasteiger partial charge on any atom is 0.233 e. The van der Waals surface area contributed by atoms with Crippen molar-refractivity contribution in [2.24, 2.45) is 0 Å². The minimum atomic E-state index is 0.00499. The highest BCUT2D eigenvalue weighted by molar-refractivity contribution is 6.35. The summed E-state index contributed by atoms with van der Waals surface area (Å²) in [5.74, 6) is 0.00499. The van der Waals surface area contributed by atoms with E-state index in [2.05, 4.69) is 10.6 Å². The molecule has 2 N–H and O–H groups in total. The fourth-order valence-corrected chi connectivity index (χ4v) is 2.34. The molecule has 0 bridgehead atoms. The molecule has 1 rings (SSSR count). The standard InChI is InChI=1S/C14H20Cl2N2O/c1-3-7-17-14(19)9-18-13(4-2)11-6-5-10(15)8-12(11)16/h5-6,8,13,18H,3-4,7,9H2,1-2H3,(H,17,19). The summed E-state index contributed by atoms with van der Waals surface area (Å²) in [5, 5.41) is 7.29. The third kappa shape index (κ3) is 5.39. The van der Waals surface area contributed by atoms with Crippen LogP contribution in [0.15, 0.2) is 18.2 Å². The van der Waals surface area contributed by atoms with Crippen molar-refractivity contribution in [3.63, 3.8) is 0 Å². The summed E-state index contributed by atoms with van der Waals surface area (Å²) in [6.45, 7) is 5.07. The zero-order valence-corrected chi connectivity index (χ0v) is 12.8. The Kier molecular flexibility index (Phi) is 7.21. The van der Waals surface area contributed by atoms with E-state index in [1.54, 1.807) is 6.07 Å². The SMILES string of the molecule is CCCNC(=O)CNC(CC)c1ccc(Cl)cc1Cl. The van der Waals surface area contributed by atoms with Gasteiger partial charge in [-0.2, -0.15) is 0 Å². The number of halogens is 2. The van der Waals surface area contributed by atoms with Crippen molar-refractivity contribution in [1.82, 2.24) is 10.6 Å². The lowest BCUT2D eigenvalue weighted by Gasteiger charge is -2.18. The number of amides is 1. The van der Waals surface area contributed by atoms with Gasteiger partial charge in [0.15, 0.2) is 0 Å². The largest absolute Gasteiger partial charge is 0.355 e. The van der Waals surface area contributed by atoms with Crippen LogP contribution in [0.25, 0.3) is 0 Å². The van der Waals surface area contributed by atoms with Gasteiger partial charge in [-0.15, -0.1) is 0 Å². The Hall–Kier alpha value is -0.770. The maximum absolute atomic E-state index is 11.6. The first-order chi connectivity index (χ1) is 9.08. The van der Waals surface area contributed by atoms with Gasteiger partial charge in [0.2, 0.25) is 5.91 Å². The van der Waals surface area contributed by atoms with Gasteiger partial charge in [-0.05, 0) is 30.5 Å². The molecular weight excluding hydrogens is 283 g/mol. The Balaban J connectivity index is 2.60. The molecule has 0 saturated carbocycles. The van der Waals surface area contributed by atoms with Crippen LogP contribution in [-0.2, 0) is 4.79 Å². The van der Waals surface area contributed by atoms with Crippen LogP contribution in [-0.4, -0.2) is 19.0 Å². The molecule has 0 saturated heterocycles. The van der Waals surface area contributed by atoms with Crippen molar-refractivity contribution < 1.29 is 4.79 Å². The zero-order chi connectivity index (χ0) is 14.3. The van der Waals surface area contributed by atoms with Crippen LogP contribution in [0.3, 0.4) is 0 Å². The highest BCUT2D eigenvalue weighted by Crippen LogP contribution is 2.27. The minimum absolute atomic E-state index is 0.00499. The Morgan fingerprint density at radius 1 is 1.32 bits per heavy atom. The summed E-state index contributed by atoms with van der Waals surface area (Å²) >= 11 is 12.1. The van der Waals surface area contributed by atoms with Crippen molar-refractivity contribution in [1.29, 1.82) is 0 Å². The molecule has 19 heavy (non-hydrogen) atoms. The monoisotopic (exact) mass is 302 g/mol. The highest BCUT2D eigenvalue weighted by atomic mass is 35.5. The molecule has 0 spiro atoms. The lowest BCUT2D eigenvalue weighted by molar-refractivity contribution is -0.120. The summed E-state index contributed by atoms with van der Waals surface area (Å²) in [6, 6.07) is 5.48. The summed E-state index contributed by atoms with van der Waals surface area (Å²) in [6.07, 6.45) is 1.79. The van der Waals surface area contributed by atoms with E-state index in [1.807, 2.05) is 26.0 Å². The fraction of sp³-hybridized carbons (Fsp3) is 0.500. The van der Waals surface area contributed by atoms with Crippen molar-refractivity contribution in [3.05, 3.63) is 33.8 Å². The van der Waals surface area contributed by atoms with E-state index in [-0.39, 0.29) is 18.5 Å². The Labute approximate surface area is 124 Å². The van der Waals surface area contributed by atoms with Crippen LogP contribution in [0.1, 0.15) is 38.3 Å². The molecule has 0 aliphatic rings. The second kappa shape index (κ2) is 8.41. The summed E-state index contributed by atoms with van der Waals surface area (Å²) in [4.78, 5) is 11.6. The molecule has 106 valence electrons. The molecule has 1 aromatic rings. The summed E-state index contributed by atoms with van der Waals surface area (Å²) < 4.78 is 0. The molecule has 5 heteroatoms. The van der Waals surface area contributed by atoms with E-state index >= 15 is 0 Å². The van der Waals surface area contributed by atoms with Gasteiger partial charge in [0.25, 0.3) is 0 Å². The Morgan fingerprint density at radius 3 is 2.63 bits per heavy atom. The van der Waals surface area contributed by atoms with Crippen molar-refractivity contribution in [2.75, 3.05) is 13.1 Å². The molecule has 1 unspecified atom stereocenters. The highest BCUT2D eigenvalue weighted by Gasteiger charge is 2.14. The van der Waals surface area contributed by atoms with Crippen LogP contribution >= 0.6 is 23.2 Å². The molecule has 0 aromatic heterocycles. The van der Waals surface area contributed by atoms with Crippen LogP contribution < -0.4 is 10.6 Å². The molecule has 0 fully saturated rings. The van der Waals surface area contributed by atoms with E-state index in [1.165, 1.54) is 0 Å². The van der Waals surface area contributed by atoms with E-state index < -0.39 is 0 Å². The normalized spacial score (nSPS) is 12.2. The number of carbonyl (C=O) groups is 1. The van der Waals surface area contributed by atoms with E-state index in [9.17, 15) is 4.79 Å². The lowest BCUT2D eigenvalue weighted by atomic mass is 10.0. The first-order valence-electron chi connectivity index (χ1n) is 6.53. The predicted octanol–water partition coefficient (Wildman–Crippen LogP) is 3.56. The molecule has 1 amide bonds. The van der Waals surface area contributed by atoms with Crippen molar-refractivity contribution >= 4 is 29.1 Å². The van der Waals surface area contributed by atoms with Gasteiger partial charge in [0.1, 0.15) is 0 Å². The second-order valence-electron chi connectivity index (χ2n) is 4.36.